The van der Waals surface area contributed by atoms with Gasteiger partial charge in [-0.25, -0.2) is 10.4 Å². The first-order chi connectivity index (χ1) is 25.3. The Morgan fingerprint density at radius 3 is 2.30 bits per heavy atom. The lowest BCUT2D eigenvalue weighted by Crippen LogP contribution is -2.35. The Hall–Kier alpha value is -3.90. The van der Waals surface area contributed by atoms with Crippen molar-refractivity contribution in [1.82, 2.24) is 10.0 Å². The summed E-state index contributed by atoms with van der Waals surface area (Å²) in [7, 11) is -5.49. The van der Waals surface area contributed by atoms with E-state index in [-0.39, 0.29) is 35.6 Å². The normalized spacial score (nSPS) is 17.1. The Morgan fingerprint density at radius 2 is 1.70 bits per heavy atom. The van der Waals surface area contributed by atoms with Crippen LogP contribution in [-0.4, -0.2) is 84.7 Å². The Labute approximate surface area is 318 Å². The first-order valence-corrected chi connectivity index (χ1v) is 20.7. The molecule has 14 nitrogen and oxygen atoms in total. The van der Waals surface area contributed by atoms with E-state index >= 15 is 0 Å². The number of allylic oxidation sites excluding steroid dienone is 3. The molecular formula is C38H53N4O10S2+. The molecule has 3 aliphatic rings. The molecule has 16 heteroatoms. The highest BCUT2D eigenvalue weighted by molar-refractivity contribution is 7.86. The largest absolute Gasteiger partial charge is 0.456 e. The highest BCUT2D eigenvalue weighted by atomic mass is 32.2. The number of nitrogens with two attached hydrogens (primary N) is 1. The van der Waals surface area contributed by atoms with Gasteiger partial charge in [0.1, 0.15) is 24.7 Å². The molecule has 1 atom stereocenters. The van der Waals surface area contributed by atoms with Crippen LogP contribution in [0.3, 0.4) is 0 Å². The molecule has 1 amide bonds. The number of nitrogens with one attached hydrogen (secondary N) is 1. The second-order valence-corrected chi connectivity index (χ2v) is 17.6. The predicted molar refractivity (Wildman–Crippen MR) is 208 cm³/mol. The Bertz CT molecular complexity index is 2130. The Kier molecular flexibility index (Phi) is 14.0. The number of methoxy groups -OCH3 is 2. The van der Waals surface area contributed by atoms with E-state index in [2.05, 4.69) is 42.9 Å². The molecule has 0 aromatic heterocycles. The molecule has 1 aliphatic carbocycles. The zero-order valence-corrected chi connectivity index (χ0v) is 33.4. The van der Waals surface area contributed by atoms with E-state index < -0.39 is 31.4 Å². The van der Waals surface area contributed by atoms with E-state index in [0.717, 1.165) is 16.5 Å². The molecule has 1 aromatic rings. The van der Waals surface area contributed by atoms with E-state index in [1.165, 1.54) is 12.1 Å². The molecule has 2 aliphatic heterocycles. The van der Waals surface area contributed by atoms with Gasteiger partial charge in [0.15, 0.2) is 13.1 Å². The fourth-order valence-corrected chi connectivity index (χ4v) is 7.88. The number of carbonyl (C=O) groups is 1. The van der Waals surface area contributed by atoms with Crippen LogP contribution in [0.1, 0.15) is 70.3 Å². The van der Waals surface area contributed by atoms with Gasteiger partial charge >= 0.3 is 0 Å². The van der Waals surface area contributed by atoms with Crippen LogP contribution in [0.15, 0.2) is 69.6 Å². The van der Waals surface area contributed by atoms with E-state index in [0.29, 0.717) is 67.6 Å². The maximum absolute atomic E-state index is 12.2. The van der Waals surface area contributed by atoms with Crippen molar-refractivity contribution in [1.29, 1.82) is 0 Å². The molecule has 5 N–H and O–H groups in total. The maximum Gasteiger partial charge on any atom is 0.294 e. The van der Waals surface area contributed by atoms with Crippen molar-refractivity contribution >= 4 is 37.9 Å². The van der Waals surface area contributed by atoms with Gasteiger partial charge in [0, 0.05) is 55.6 Å². The van der Waals surface area contributed by atoms with Crippen LogP contribution < -0.4 is 26.1 Å². The first kappa shape index (κ1) is 42.8. The van der Waals surface area contributed by atoms with Gasteiger partial charge in [-0.15, -0.1) is 0 Å². The summed E-state index contributed by atoms with van der Waals surface area (Å²) in [6.07, 6.45) is 6.41. The summed E-state index contributed by atoms with van der Waals surface area (Å²) < 4.78 is 86.6. The fraction of sp³-hybridized carbons (Fsp3) is 0.474. The van der Waals surface area contributed by atoms with Gasteiger partial charge in [0.05, 0.1) is 16.7 Å². The number of hydrogen-bond donors (Lipinski definition) is 4. The third kappa shape index (κ3) is 10.6. The van der Waals surface area contributed by atoms with Crippen molar-refractivity contribution in [2.75, 3.05) is 57.7 Å². The average molecular weight is 790 g/mol. The highest BCUT2D eigenvalue weighted by Gasteiger charge is 2.43. The molecule has 0 saturated heterocycles. The van der Waals surface area contributed by atoms with Gasteiger partial charge in [-0.3, -0.25) is 19.3 Å². The van der Waals surface area contributed by atoms with Crippen molar-refractivity contribution in [3.05, 3.63) is 82.6 Å². The SMILES string of the molecule is COCC[N+](CCOC)=c1ccc2c(C(C)(C)C)cc(/C=C/C=C3/N(CCCS(=O)(=O)O)c4ccc(S(=O)(=O)O)cc4C3(C)CCCC(=O)NN)oc-2c1. The summed E-state index contributed by atoms with van der Waals surface area (Å²) in [4.78, 5) is 13.7. The van der Waals surface area contributed by atoms with Crippen LogP contribution >= 0.6 is 0 Å². The topological polar surface area (TPSA) is 202 Å². The molecule has 0 saturated carbocycles. The van der Waals surface area contributed by atoms with E-state index in [9.17, 15) is 30.7 Å². The maximum atomic E-state index is 12.2. The zero-order valence-electron chi connectivity index (χ0n) is 31.8. The van der Waals surface area contributed by atoms with Gasteiger partial charge in [0.2, 0.25) is 11.3 Å². The summed E-state index contributed by atoms with van der Waals surface area (Å²) in [5, 5.41) is 0.955. The van der Waals surface area contributed by atoms with Crippen LogP contribution in [0.2, 0.25) is 0 Å². The van der Waals surface area contributed by atoms with Gasteiger partial charge < -0.3 is 18.8 Å². The number of hydrogen-bond acceptors (Lipinski definition) is 10. The van der Waals surface area contributed by atoms with Gasteiger partial charge in [-0.1, -0.05) is 26.8 Å². The number of amides is 1. The number of fused-ring (bicyclic) bond motifs is 2. The van der Waals surface area contributed by atoms with Crippen molar-refractivity contribution in [3.8, 4) is 11.3 Å². The number of rotatable bonds is 17. The summed E-state index contributed by atoms with van der Waals surface area (Å²) in [5.74, 6) is 5.73. The standard InChI is InChI=1S/C38H52N4O10S2/c1-37(2,3)31-25-28(52-34-24-27(13-15-30(31)34)41(19-21-50-5)20-22-51-6)10-7-11-35-38(4,17-8-12-36(43)40-39)32-26-29(54(47,48)49)14-16-33(32)42(35)18-9-23-53(44,45)46/h7,10-11,13-16,24-26H,8-9,12,17-23,39H2,1-6H3,(H2-,40,43,44,45,46,47,48,49)/p+1. The van der Waals surface area contributed by atoms with Crippen molar-refractivity contribution in [3.63, 3.8) is 0 Å². The monoisotopic (exact) mass is 789 g/mol. The zero-order chi connectivity index (χ0) is 39.9. The van der Waals surface area contributed by atoms with E-state index in [1.54, 1.807) is 20.3 Å². The summed E-state index contributed by atoms with van der Waals surface area (Å²) in [6.45, 7) is 10.9. The molecule has 1 unspecified atom stereocenters. The van der Waals surface area contributed by atoms with E-state index in [1.807, 2.05) is 42.2 Å². The number of benzene rings is 2. The number of ether oxygens (including phenoxy) is 2. The van der Waals surface area contributed by atoms with E-state index in [4.69, 9.17) is 19.7 Å². The molecule has 1 aromatic carbocycles. The molecule has 2 heterocycles. The third-order valence-electron chi connectivity index (χ3n) is 9.62. The molecule has 0 spiro atoms. The van der Waals surface area contributed by atoms with Crippen LogP contribution in [-0.2, 0) is 45.3 Å². The number of anilines is 1. The Morgan fingerprint density at radius 1 is 1.02 bits per heavy atom. The second kappa shape index (κ2) is 17.7. The molecule has 0 bridgehead atoms. The number of nitrogens with zero attached hydrogens (tertiary/aromatic N) is 2. The van der Waals surface area contributed by atoms with Crippen LogP contribution in [0, 0.1) is 0 Å². The predicted octanol–water partition coefficient (Wildman–Crippen LogP) is 4.11. The van der Waals surface area contributed by atoms with Gasteiger partial charge in [-0.05, 0) is 85.2 Å². The Balaban J connectivity index is 1.89. The quantitative estimate of drug-likeness (QED) is 0.0502. The minimum Gasteiger partial charge on any atom is -0.456 e. The van der Waals surface area contributed by atoms with Crippen molar-refractivity contribution in [2.45, 2.75) is 69.1 Å². The molecule has 54 heavy (non-hydrogen) atoms. The summed E-state index contributed by atoms with van der Waals surface area (Å²) in [6, 6.07) is 12.4. The average Bonchev–Trinajstić information content (AvgIpc) is 3.32. The van der Waals surface area contributed by atoms with Crippen molar-refractivity contribution < 1.29 is 44.6 Å². The third-order valence-corrected chi connectivity index (χ3v) is 11.3. The smallest absolute Gasteiger partial charge is 0.294 e. The highest BCUT2D eigenvalue weighted by Crippen LogP contribution is 2.51. The summed E-state index contributed by atoms with van der Waals surface area (Å²) >= 11 is 0. The first-order valence-electron chi connectivity index (χ1n) is 17.7. The van der Waals surface area contributed by atoms with Crippen LogP contribution in [0.5, 0.6) is 0 Å². The lowest BCUT2D eigenvalue weighted by atomic mass is 9.77. The minimum absolute atomic E-state index is 0.0636. The minimum atomic E-state index is -4.56. The molecule has 0 fully saturated rings. The molecule has 0 radical (unpaired) electrons. The van der Waals surface area contributed by atoms with Gasteiger partial charge in [0.25, 0.3) is 20.2 Å². The lowest BCUT2D eigenvalue weighted by molar-refractivity contribution is -0.121. The number of carbonyl (C=O) groups excluding carboxylic acids is 1. The number of hydrazine groups is 1. The molecular weight excluding hydrogens is 737 g/mol. The van der Waals surface area contributed by atoms with Crippen LogP contribution in [0.4, 0.5) is 5.69 Å². The molecule has 296 valence electrons. The second-order valence-electron chi connectivity index (χ2n) is 14.6. The molecule has 4 rings (SSSR count). The lowest BCUT2D eigenvalue weighted by Gasteiger charge is -2.30. The van der Waals surface area contributed by atoms with Crippen molar-refractivity contribution in [2.24, 2.45) is 5.84 Å². The summed E-state index contributed by atoms with van der Waals surface area (Å²) in [5.41, 5.74) is 4.91. The van der Waals surface area contributed by atoms with Crippen LogP contribution in [0.25, 0.3) is 17.4 Å². The van der Waals surface area contributed by atoms with Gasteiger partial charge in [-0.2, -0.15) is 16.8 Å². The fourth-order valence-electron chi connectivity index (χ4n) is 6.88.